The van der Waals surface area contributed by atoms with Crippen molar-refractivity contribution in [1.29, 1.82) is 0 Å². The van der Waals surface area contributed by atoms with E-state index in [4.69, 9.17) is 8.85 Å². The van der Waals surface area contributed by atoms with Crippen molar-refractivity contribution in [3.63, 3.8) is 0 Å². The molecule has 0 spiro atoms. The first kappa shape index (κ1) is 15.9. The van der Waals surface area contributed by atoms with E-state index in [0.717, 1.165) is 31.7 Å². The molecule has 16 heavy (non-hydrogen) atoms. The molecule has 0 saturated carbocycles. The first-order chi connectivity index (χ1) is 7.63. The van der Waals surface area contributed by atoms with E-state index in [-0.39, 0.29) is 0 Å². The summed E-state index contributed by atoms with van der Waals surface area (Å²) in [5, 5.41) is 0. The molecule has 0 rings (SSSR count). The molecule has 2 atom stereocenters. The van der Waals surface area contributed by atoms with E-state index in [1.54, 1.807) is 0 Å². The molecule has 0 saturated heterocycles. The van der Waals surface area contributed by atoms with Crippen molar-refractivity contribution in [1.82, 2.24) is 0 Å². The summed E-state index contributed by atoms with van der Waals surface area (Å²) < 4.78 is 12.0. The summed E-state index contributed by atoms with van der Waals surface area (Å²) in [6.07, 6.45) is 6.99. The Morgan fingerprint density at radius 1 is 1.12 bits per heavy atom. The van der Waals surface area contributed by atoms with Gasteiger partial charge in [0, 0.05) is 12.2 Å². The van der Waals surface area contributed by atoms with Crippen molar-refractivity contribution in [2.24, 2.45) is 0 Å². The largest absolute Gasteiger partial charge is 0.394 e. The Morgan fingerprint density at radius 3 is 2.00 bits per heavy atom. The van der Waals surface area contributed by atoms with Gasteiger partial charge < -0.3 is 8.85 Å². The highest BCUT2D eigenvalue weighted by atomic mass is 28.3. The van der Waals surface area contributed by atoms with Crippen LogP contribution in [-0.4, -0.2) is 21.5 Å². The van der Waals surface area contributed by atoms with Gasteiger partial charge in [0.05, 0.1) is 0 Å². The SMILES string of the molecule is C=CCCC[SiH](OC(C)CC)OC(C)CC. The lowest BCUT2D eigenvalue weighted by Crippen LogP contribution is -2.30. The van der Waals surface area contributed by atoms with Gasteiger partial charge in [0.25, 0.3) is 0 Å². The molecular weight excluding hydrogens is 216 g/mol. The Bertz CT molecular complexity index is 161. The zero-order chi connectivity index (χ0) is 12.4. The second kappa shape index (κ2) is 10.1. The van der Waals surface area contributed by atoms with E-state index >= 15 is 0 Å². The van der Waals surface area contributed by atoms with Crippen molar-refractivity contribution in [2.45, 2.75) is 71.6 Å². The Balaban J connectivity index is 3.98. The molecule has 3 heteroatoms. The van der Waals surface area contributed by atoms with Gasteiger partial charge >= 0.3 is 9.28 Å². The van der Waals surface area contributed by atoms with Crippen molar-refractivity contribution in [3.05, 3.63) is 12.7 Å². The fourth-order valence-electron chi connectivity index (χ4n) is 1.31. The topological polar surface area (TPSA) is 18.5 Å². The average molecular weight is 244 g/mol. The maximum Gasteiger partial charge on any atom is 0.321 e. The van der Waals surface area contributed by atoms with E-state index in [9.17, 15) is 0 Å². The standard InChI is InChI=1S/C13H28O2Si/c1-6-9-10-11-16(14-12(4)7-2)15-13(5)8-3/h6,12-13,16H,1,7-11H2,2-5H3. The monoisotopic (exact) mass is 244 g/mol. The molecule has 0 aliphatic rings. The van der Waals surface area contributed by atoms with Gasteiger partial charge in [-0.15, -0.1) is 6.58 Å². The quantitative estimate of drug-likeness (QED) is 0.330. The van der Waals surface area contributed by atoms with Crippen LogP contribution in [0.25, 0.3) is 0 Å². The second-order valence-corrected chi connectivity index (χ2v) is 6.34. The minimum atomic E-state index is -1.46. The van der Waals surface area contributed by atoms with Crippen LogP contribution in [0.4, 0.5) is 0 Å². The van der Waals surface area contributed by atoms with Crippen LogP contribution in [0.1, 0.15) is 53.4 Å². The minimum absolute atomic E-state index is 0.337. The van der Waals surface area contributed by atoms with Crippen LogP contribution in [0.5, 0.6) is 0 Å². The van der Waals surface area contributed by atoms with Crippen molar-refractivity contribution < 1.29 is 8.85 Å². The van der Waals surface area contributed by atoms with Crippen LogP contribution in [0.15, 0.2) is 12.7 Å². The summed E-state index contributed by atoms with van der Waals surface area (Å²) in [7, 11) is -1.46. The third kappa shape index (κ3) is 8.08. The normalized spacial score (nSPS) is 16.8. The van der Waals surface area contributed by atoms with Crippen LogP contribution in [0, 0.1) is 0 Å². The zero-order valence-electron chi connectivity index (χ0n) is 11.4. The summed E-state index contributed by atoms with van der Waals surface area (Å²) in [6.45, 7) is 12.3. The molecule has 0 bridgehead atoms. The smallest absolute Gasteiger partial charge is 0.321 e. The van der Waals surface area contributed by atoms with Crippen molar-refractivity contribution >= 4 is 9.28 Å². The highest BCUT2D eigenvalue weighted by molar-refractivity contribution is 6.44. The maximum absolute atomic E-state index is 6.00. The fraction of sp³-hybridized carbons (Fsp3) is 0.846. The van der Waals surface area contributed by atoms with Crippen LogP contribution in [0.2, 0.25) is 6.04 Å². The molecule has 0 aromatic carbocycles. The van der Waals surface area contributed by atoms with Crippen molar-refractivity contribution in [3.8, 4) is 0 Å². The Kier molecular flexibility index (Phi) is 9.98. The summed E-state index contributed by atoms with van der Waals surface area (Å²) in [4.78, 5) is 0. The van der Waals surface area contributed by atoms with Gasteiger partial charge in [0.1, 0.15) is 0 Å². The highest BCUT2D eigenvalue weighted by Gasteiger charge is 2.18. The second-order valence-electron chi connectivity index (χ2n) is 4.36. The minimum Gasteiger partial charge on any atom is -0.394 e. The highest BCUT2D eigenvalue weighted by Crippen LogP contribution is 2.12. The third-order valence-electron chi connectivity index (χ3n) is 2.77. The van der Waals surface area contributed by atoms with Gasteiger partial charge in [-0.3, -0.25) is 0 Å². The molecule has 0 aliphatic carbocycles. The molecule has 0 fully saturated rings. The van der Waals surface area contributed by atoms with Gasteiger partial charge in [0.2, 0.25) is 0 Å². The molecule has 2 unspecified atom stereocenters. The molecule has 0 N–H and O–H groups in total. The van der Waals surface area contributed by atoms with E-state index in [2.05, 4.69) is 34.3 Å². The summed E-state index contributed by atoms with van der Waals surface area (Å²) >= 11 is 0. The molecule has 0 aliphatic heterocycles. The van der Waals surface area contributed by atoms with E-state index in [1.165, 1.54) is 0 Å². The van der Waals surface area contributed by atoms with Crippen LogP contribution < -0.4 is 0 Å². The first-order valence-corrected chi connectivity index (χ1v) is 8.31. The molecule has 0 radical (unpaired) electrons. The first-order valence-electron chi connectivity index (χ1n) is 6.55. The molecule has 2 nitrogen and oxygen atoms in total. The van der Waals surface area contributed by atoms with Gasteiger partial charge in [-0.25, -0.2) is 0 Å². The number of unbranched alkanes of at least 4 members (excludes halogenated alkanes) is 1. The average Bonchev–Trinajstić information content (AvgIpc) is 2.28. The van der Waals surface area contributed by atoms with Gasteiger partial charge in [-0.1, -0.05) is 19.9 Å². The van der Waals surface area contributed by atoms with E-state index in [0.29, 0.717) is 12.2 Å². The summed E-state index contributed by atoms with van der Waals surface area (Å²) in [5.74, 6) is 0. The number of allylic oxidation sites excluding steroid dienone is 1. The molecule has 0 heterocycles. The van der Waals surface area contributed by atoms with Crippen LogP contribution >= 0.6 is 0 Å². The van der Waals surface area contributed by atoms with Gasteiger partial charge in [-0.05, 0) is 45.6 Å². The van der Waals surface area contributed by atoms with Gasteiger partial charge in [-0.2, -0.15) is 0 Å². The van der Waals surface area contributed by atoms with Crippen molar-refractivity contribution in [2.75, 3.05) is 0 Å². The zero-order valence-corrected chi connectivity index (χ0v) is 12.5. The Hall–Kier alpha value is -0.123. The molecule has 96 valence electrons. The lowest BCUT2D eigenvalue weighted by molar-refractivity contribution is 0.110. The number of hydrogen-bond acceptors (Lipinski definition) is 2. The Labute approximate surface area is 103 Å². The predicted molar refractivity (Wildman–Crippen MR) is 73.1 cm³/mol. The van der Waals surface area contributed by atoms with Crippen LogP contribution in [-0.2, 0) is 8.85 Å². The number of hydrogen-bond donors (Lipinski definition) is 0. The maximum atomic E-state index is 6.00. The summed E-state index contributed by atoms with van der Waals surface area (Å²) in [6, 6.07) is 1.10. The predicted octanol–water partition coefficient (Wildman–Crippen LogP) is 3.80. The van der Waals surface area contributed by atoms with Gasteiger partial charge in [0.15, 0.2) is 0 Å². The molecular formula is C13H28O2Si. The fourth-order valence-corrected chi connectivity index (χ4v) is 3.63. The van der Waals surface area contributed by atoms with E-state index < -0.39 is 9.28 Å². The third-order valence-corrected chi connectivity index (χ3v) is 5.18. The molecule has 0 aromatic rings. The molecule has 0 aromatic heterocycles. The van der Waals surface area contributed by atoms with Crippen LogP contribution in [0.3, 0.4) is 0 Å². The number of rotatable bonds is 10. The Morgan fingerprint density at radius 2 is 1.62 bits per heavy atom. The summed E-state index contributed by atoms with van der Waals surface area (Å²) in [5.41, 5.74) is 0. The molecule has 0 amide bonds. The van der Waals surface area contributed by atoms with E-state index in [1.807, 2.05) is 6.08 Å². The lowest BCUT2D eigenvalue weighted by atomic mass is 10.3. The lowest BCUT2D eigenvalue weighted by Gasteiger charge is -2.23.